The highest BCUT2D eigenvalue weighted by atomic mass is 32.2. The van der Waals surface area contributed by atoms with Crippen molar-refractivity contribution < 1.29 is 4.79 Å². The summed E-state index contributed by atoms with van der Waals surface area (Å²) in [5.74, 6) is 1.07. The van der Waals surface area contributed by atoms with Gasteiger partial charge in [0.05, 0.1) is 5.56 Å². The Morgan fingerprint density at radius 3 is 3.06 bits per heavy atom. The first-order chi connectivity index (χ1) is 7.75. The normalized spacial score (nSPS) is 19.6. The Labute approximate surface area is 97.8 Å². The topological polar surface area (TPSA) is 62.0 Å². The van der Waals surface area contributed by atoms with Crippen LogP contribution in [0.1, 0.15) is 23.2 Å². The van der Waals surface area contributed by atoms with Crippen LogP contribution >= 0.6 is 11.8 Å². The predicted molar refractivity (Wildman–Crippen MR) is 64.9 cm³/mol. The van der Waals surface area contributed by atoms with Crippen LogP contribution in [0.2, 0.25) is 0 Å². The van der Waals surface area contributed by atoms with Crippen LogP contribution in [0.3, 0.4) is 0 Å². The summed E-state index contributed by atoms with van der Waals surface area (Å²) >= 11 is 1.91. The highest BCUT2D eigenvalue weighted by Crippen LogP contribution is 2.25. The number of hydrogen-bond acceptors (Lipinski definition) is 3. The van der Waals surface area contributed by atoms with E-state index in [4.69, 9.17) is 0 Å². The van der Waals surface area contributed by atoms with Gasteiger partial charge in [-0.15, -0.1) is 0 Å². The van der Waals surface area contributed by atoms with Crippen LogP contribution in [0.15, 0.2) is 23.1 Å². The summed E-state index contributed by atoms with van der Waals surface area (Å²) in [5, 5.41) is 3.43. The van der Waals surface area contributed by atoms with Gasteiger partial charge in [0.2, 0.25) is 5.56 Å². The Bertz CT molecular complexity index is 404. The largest absolute Gasteiger partial charge is 0.351 e. The van der Waals surface area contributed by atoms with Gasteiger partial charge in [0, 0.05) is 24.1 Å². The fraction of sp³-hybridized carbons (Fsp3) is 0.455. The van der Waals surface area contributed by atoms with Gasteiger partial charge < -0.3 is 10.3 Å². The lowest BCUT2D eigenvalue weighted by Crippen LogP contribution is -2.30. The van der Waals surface area contributed by atoms with Crippen LogP contribution in [0.5, 0.6) is 0 Å². The lowest BCUT2D eigenvalue weighted by atomic mass is 10.2. The molecule has 5 heteroatoms. The number of thioether (sulfide) groups is 1. The van der Waals surface area contributed by atoms with Crippen LogP contribution in [-0.4, -0.2) is 28.4 Å². The van der Waals surface area contributed by atoms with Crippen molar-refractivity contribution in [2.75, 3.05) is 12.3 Å². The molecule has 0 aliphatic carbocycles. The average molecular weight is 238 g/mol. The van der Waals surface area contributed by atoms with Crippen LogP contribution in [0.4, 0.5) is 0 Å². The van der Waals surface area contributed by atoms with Crippen LogP contribution in [0, 0.1) is 0 Å². The molecular weight excluding hydrogens is 224 g/mol. The van der Waals surface area contributed by atoms with Crippen molar-refractivity contribution in [3.63, 3.8) is 0 Å². The minimum Gasteiger partial charge on any atom is -0.351 e. The van der Waals surface area contributed by atoms with Gasteiger partial charge in [0.15, 0.2) is 0 Å². The molecule has 1 aromatic rings. The number of pyridine rings is 1. The zero-order chi connectivity index (χ0) is 11.4. The van der Waals surface area contributed by atoms with Crippen molar-refractivity contribution in [1.29, 1.82) is 0 Å². The van der Waals surface area contributed by atoms with Gasteiger partial charge in [-0.2, -0.15) is 11.8 Å². The number of H-pyrrole nitrogens is 1. The molecule has 1 atom stereocenters. The van der Waals surface area contributed by atoms with E-state index in [1.54, 1.807) is 0 Å². The summed E-state index contributed by atoms with van der Waals surface area (Å²) < 4.78 is 0. The summed E-state index contributed by atoms with van der Waals surface area (Å²) in [6.45, 7) is 0.711. The van der Waals surface area contributed by atoms with Crippen LogP contribution < -0.4 is 10.9 Å². The molecule has 1 aliphatic rings. The summed E-state index contributed by atoms with van der Waals surface area (Å²) in [5.41, 5.74) is 0.311. The second-order valence-electron chi connectivity index (χ2n) is 3.79. The van der Waals surface area contributed by atoms with Gasteiger partial charge in [-0.1, -0.05) is 0 Å². The molecule has 0 radical (unpaired) electrons. The van der Waals surface area contributed by atoms with Gasteiger partial charge in [0.1, 0.15) is 0 Å². The molecule has 0 bridgehead atoms. The highest BCUT2D eigenvalue weighted by molar-refractivity contribution is 8.00. The van der Waals surface area contributed by atoms with Crippen molar-refractivity contribution in [1.82, 2.24) is 10.3 Å². The highest BCUT2D eigenvalue weighted by Gasteiger charge is 2.16. The third kappa shape index (κ3) is 2.88. The smallest absolute Gasteiger partial charge is 0.252 e. The summed E-state index contributed by atoms with van der Waals surface area (Å²) in [6.07, 6.45) is 3.86. The van der Waals surface area contributed by atoms with Crippen molar-refractivity contribution in [2.24, 2.45) is 0 Å². The van der Waals surface area contributed by atoms with E-state index in [0.29, 0.717) is 17.4 Å². The maximum absolute atomic E-state index is 11.7. The van der Waals surface area contributed by atoms with E-state index in [2.05, 4.69) is 10.3 Å². The summed E-state index contributed by atoms with van der Waals surface area (Å²) in [4.78, 5) is 25.0. The Morgan fingerprint density at radius 1 is 1.56 bits per heavy atom. The number of amides is 1. The Hall–Kier alpha value is -1.23. The number of aromatic amines is 1. The fourth-order valence-corrected chi connectivity index (χ4v) is 2.87. The third-order valence-corrected chi connectivity index (χ3v) is 3.96. The number of nitrogens with one attached hydrogen (secondary N) is 2. The summed E-state index contributed by atoms with van der Waals surface area (Å²) in [6, 6.07) is 2.90. The molecule has 0 saturated carbocycles. The molecule has 0 spiro atoms. The van der Waals surface area contributed by atoms with Gasteiger partial charge in [-0.05, 0) is 24.7 Å². The first kappa shape index (κ1) is 11.3. The summed E-state index contributed by atoms with van der Waals surface area (Å²) in [7, 11) is 0. The van der Waals surface area contributed by atoms with Gasteiger partial charge in [-0.25, -0.2) is 0 Å². The minimum absolute atomic E-state index is 0.122. The van der Waals surface area contributed by atoms with Gasteiger partial charge in [-0.3, -0.25) is 9.59 Å². The van der Waals surface area contributed by atoms with Gasteiger partial charge in [0.25, 0.3) is 5.91 Å². The first-order valence-corrected chi connectivity index (χ1v) is 6.39. The lowest BCUT2D eigenvalue weighted by molar-refractivity contribution is 0.0953. The van der Waals surface area contributed by atoms with E-state index < -0.39 is 0 Å². The van der Waals surface area contributed by atoms with Crippen molar-refractivity contribution in [3.05, 3.63) is 34.2 Å². The van der Waals surface area contributed by atoms with Crippen LogP contribution in [-0.2, 0) is 0 Å². The second kappa shape index (κ2) is 5.21. The monoisotopic (exact) mass is 238 g/mol. The van der Waals surface area contributed by atoms with Crippen molar-refractivity contribution in [2.45, 2.75) is 18.1 Å². The number of hydrogen-bond donors (Lipinski definition) is 2. The Balaban J connectivity index is 1.87. The van der Waals surface area contributed by atoms with E-state index >= 15 is 0 Å². The molecule has 16 heavy (non-hydrogen) atoms. The molecule has 1 fully saturated rings. The molecule has 2 heterocycles. The molecule has 4 nitrogen and oxygen atoms in total. The molecule has 0 aromatic carbocycles. The van der Waals surface area contributed by atoms with Crippen molar-refractivity contribution in [3.8, 4) is 0 Å². The van der Waals surface area contributed by atoms with E-state index in [1.807, 2.05) is 11.8 Å². The van der Waals surface area contributed by atoms with Gasteiger partial charge >= 0.3 is 0 Å². The third-order valence-electron chi connectivity index (χ3n) is 2.56. The zero-order valence-electron chi connectivity index (χ0n) is 8.86. The fourth-order valence-electron chi connectivity index (χ4n) is 1.67. The van der Waals surface area contributed by atoms with Crippen molar-refractivity contribution >= 4 is 17.7 Å². The molecule has 1 aromatic heterocycles. The second-order valence-corrected chi connectivity index (χ2v) is 5.19. The predicted octanol–water partition coefficient (Wildman–Crippen LogP) is 1.00. The first-order valence-electron chi connectivity index (χ1n) is 5.34. The Morgan fingerprint density at radius 2 is 2.44 bits per heavy atom. The SMILES string of the molecule is O=C(NCC1CCCS1)c1ccc(=O)[nH]c1. The van der Waals surface area contributed by atoms with E-state index in [0.717, 1.165) is 0 Å². The molecule has 2 rings (SSSR count). The number of aromatic nitrogens is 1. The standard InChI is InChI=1S/C11H14N2O2S/c14-10-4-3-8(6-12-10)11(15)13-7-9-2-1-5-16-9/h3-4,6,9H,1-2,5,7H2,(H,12,14)(H,13,15). The quantitative estimate of drug-likeness (QED) is 0.826. The number of rotatable bonds is 3. The van der Waals surface area contributed by atoms with E-state index in [-0.39, 0.29) is 11.5 Å². The molecule has 1 unspecified atom stereocenters. The van der Waals surface area contributed by atoms with E-state index in [9.17, 15) is 9.59 Å². The number of carbonyl (C=O) groups is 1. The molecule has 1 aliphatic heterocycles. The molecule has 1 saturated heterocycles. The average Bonchev–Trinajstić information content (AvgIpc) is 2.80. The van der Waals surface area contributed by atoms with Crippen LogP contribution in [0.25, 0.3) is 0 Å². The molecule has 1 amide bonds. The maximum atomic E-state index is 11.7. The minimum atomic E-state index is -0.192. The molecule has 86 valence electrons. The number of carbonyl (C=O) groups excluding carboxylic acids is 1. The molecular formula is C11H14N2O2S. The maximum Gasteiger partial charge on any atom is 0.252 e. The Kier molecular flexibility index (Phi) is 3.66. The lowest BCUT2D eigenvalue weighted by Gasteiger charge is -2.09. The zero-order valence-corrected chi connectivity index (χ0v) is 9.68. The molecule has 2 N–H and O–H groups in total. The van der Waals surface area contributed by atoms with E-state index in [1.165, 1.54) is 36.9 Å².